The third-order valence-corrected chi connectivity index (χ3v) is 21.1. The lowest BCUT2D eigenvalue weighted by Crippen LogP contribution is -2.38. The molecule has 10 aromatic heterocycles. The van der Waals surface area contributed by atoms with E-state index in [1.807, 2.05) is 55.6 Å². The number of fused-ring (bicyclic) bond motifs is 1. The molecule has 14 nitrogen and oxygen atoms in total. The first-order valence-corrected chi connectivity index (χ1v) is 46.1. The van der Waals surface area contributed by atoms with Crippen molar-refractivity contribution in [1.29, 1.82) is 0 Å². The van der Waals surface area contributed by atoms with Gasteiger partial charge in [0, 0.05) is 130 Å². The van der Waals surface area contributed by atoms with Gasteiger partial charge >= 0.3 is 0 Å². The quantitative estimate of drug-likeness (QED) is 0.0722. The summed E-state index contributed by atoms with van der Waals surface area (Å²) < 4.78 is 10.2. The number of nitrogens with one attached hydrogen (secondary N) is 1. The molecule has 1 aromatic carbocycles. The third kappa shape index (κ3) is 38.3. The molecule has 11 aromatic rings. The maximum Gasteiger partial charge on any atom is 0.241 e. The topological polar surface area (TPSA) is 167 Å². The Bertz CT molecular complexity index is 4080. The van der Waals surface area contributed by atoms with Gasteiger partial charge < -0.3 is 8.98 Å². The second kappa shape index (κ2) is 54.8. The average Bonchev–Trinajstić information content (AvgIpc) is 1.66. The molecule has 662 valence electrons. The lowest BCUT2D eigenvalue weighted by Gasteiger charge is -2.13. The third-order valence-electron chi connectivity index (χ3n) is 20.0. The smallest absolute Gasteiger partial charge is 0.241 e. The van der Waals surface area contributed by atoms with Crippen LogP contribution in [0.25, 0.3) is 10.9 Å². The number of aromatic nitrogens is 13. The maximum absolute atomic E-state index is 5.61. The minimum absolute atomic E-state index is 0.420. The van der Waals surface area contributed by atoms with Crippen molar-refractivity contribution in [2.24, 2.45) is 0 Å². The largest absolute Gasteiger partial charge is 0.466 e. The molecule has 0 saturated heterocycles. The fraction of sp³-hybridized carbons (Fsp3) is 0.571. The second-order valence-electron chi connectivity index (χ2n) is 37.7. The van der Waals surface area contributed by atoms with Crippen molar-refractivity contribution in [3.05, 3.63) is 254 Å². The SMILES string of the molecule is CC(C)c1c[nH]c[n+]1C(C)C.CC(C)c1ccc(C(C)C)nc1.CC(C)c1ccc(C(C)C)o1.CC(C)c1ccc2ccn(C(C)C)c2c1.CC(C)c1cccc(C(C)C)n1.CC(C)c1cccnc1C(C)C.CC(C)c1ccnc(C(C)C)n1.CC(C)c1cnc(C(C)C)nc1.CC(C)c1cncnc1C(C)C.CC(C)c1csc(C(C)C)n1. The molecule has 0 radical (unpaired) electrons. The van der Waals surface area contributed by atoms with Gasteiger partial charge in [0.2, 0.25) is 6.33 Å². The molecule has 0 saturated carbocycles. The minimum Gasteiger partial charge on any atom is -0.466 e. The predicted octanol–water partition coefficient (Wildman–Crippen LogP) is 31.4. The number of hydrogen-bond acceptors (Lipinski definition) is 12. The highest BCUT2D eigenvalue weighted by atomic mass is 32.1. The fourth-order valence-electron chi connectivity index (χ4n) is 11.9. The summed E-state index contributed by atoms with van der Waals surface area (Å²) in [5, 5.41) is 4.77. The van der Waals surface area contributed by atoms with Gasteiger partial charge in [-0.15, -0.1) is 11.3 Å². The van der Waals surface area contributed by atoms with E-state index in [0.29, 0.717) is 119 Å². The van der Waals surface area contributed by atoms with Crippen molar-refractivity contribution in [2.75, 3.05) is 0 Å². The van der Waals surface area contributed by atoms with E-state index in [0.717, 1.165) is 28.9 Å². The van der Waals surface area contributed by atoms with Crippen LogP contribution >= 0.6 is 11.3 Å². The number of pyridine rings is 3. The number of thiazole rings is 1. The van der Waals surface area contributed by atoms with Crippen LogP contribution in [0, 0.1) is 0 Å². The van der Waals surface area contributed by atoms with Gasteiger partial charge in [0.05, 0.1) is 16.7 Å². The Balaban J connectivity index is 0.000000452. The van der Waals surface area contributed by atoms with E-state index >= 15 is 0 Å². The van der Waals surface area contributed by atoms with Crippen molar-refractivity contribution >= 4 is 22.2 Å². The van der Waals surface area contributed by atoms with Gasteiger partial charge in [0.25, 0.3) is 0 Å². The zero-order chi connectivity index (χ0) is 91.1. The molecule has 0 fully saturated rings. The molecule has 0 aliphatic rings. The Morgan fingerprint density at radius 3 is 1.23 bits per heavy atom. The Labute approximate surface area is 735 Å². The zero-order valence-corrected chi connectivity index (χ0v) is 83.5. The molecule has 0 aliphatic carbocycles. The highest BCUT2D eigenvalue weighted by Crippen LogP contribution is 2.29. The van der Waals surface area contributed by atoms with Crippen molar-refractivity contribution in [3.8, 4) is 0 Å². The molecule has 120 heavy (non-hydrogen) atoms. The predicted molar refractivity (Wildman–Crippen MR) is 517 cm³/mol. The number of nitrogens with zero attached hydrogens (tertiary/aromatic N) is 12. The monoisotopic (exact) mass is 1660 g/mol. The highest BCUT2D eigenvalue weighted by molar-refractivity contribution is 7.09. The Kier molecular flexibility index (Phi) is 49.2. The van der Waals surface area contributed by atoms with E-state index < -0.39 is 0 Å². The molecule has 0 atom stereocenters. The van der Waals surface area contributed by atoms with Crippen molar-refractivity contribution in [1.82, 2.24) is 59.4 Å². The number of hydrogen-bond donors (Lipinski definition) is 1. The molecular weight excluding hydrogens is 1490 g/mol. The Hall–Kier alpha value is -8.43. The summed E-state index contributed by atoms with van der Waals surface area (Å²) in [6.07, 6.45) is 19.4. The van der Waals surface area contributed by atoms with Crippen LogP contribution in [0.1, 0.15) is 497 Å². The first-order chi connectivity index (χ1) is 56.1. The minimum atomic E-state index is 0.420. The number of furan rings is 1. The summed E-state index contributed by atoms with van der Waals surface area (Å²) in [5.74, 6) is 13.6. The van der Waals surface area contributed by atoms with E-state index in [2.05, 4.69) is 431 Å². The fourth-order valence-corrected chi connectivity index (χ4v) is 12.9. The summed E-state index contributed by atoms with van der Waals surface area (Å²) in [6.45, 7) is 86.9. The number of imidazole rings is 1. The van der Waals surface area contributed by atoms with Crippen molar-refractivity contribution < 1.29 is 8.98 Å². The number of benzene rings is 1. The van der Waals surface area contributed by atoms with Crippen molar-refractivity contribution in [3.63, 3.8) is 0 Å². The van der Waals surface area contributed by atoms with E-state index in [4.69, 9.17) is 4.42 Å². The lowest BCUT2D eigenvalue weighted by molar-refractivity contribution is -0.722. The molecule has 15 heteroatoms. The van der Waals surface area contributed by atoms with Crippen LogP contribution in [0.3, 0.4) is 0 Å². The molecule has 0 aliphatic heterocycles. The van der Waals surface area contributed by atoms with Gasteiger partial charge in [-0.05, 0) is 187 Å². The van der Waals surface area contributed by atoms with Crippen molar-refractivity contribution in [2.45, 2.75) is 396 Å². The molecule has 11 rings (SSSR count). The van der Waals surface area contributed by atoms with Gasteiger partial charge in [-0.3, -0.25) is 15.0 Å². The van der Waals surface area contributed by atoms with Crippen LogP contribution in [0.5, 0.6) is 0 Å². The van der Waals surface area contributed by atoms with E-state index in [9.17, 15) is 0 Å². The normalized spacial score (nSPS) is 11.3. The standard InChI is InChI=1S/C14H19N.3C11H17N.3C10H16N2.C10H16O.C9H16N2.C9H15NS/c1-10(2)13-6-5-12-7-8-15(11(3)4)14(12)9-13;1-8(2)10-5-6-11(9(3)4)12-7-10;1-8(2)10-6-5-7-12-11(10)9(3)4;1-8(2)10-6-5-7-11(12-10)9(3)4;1-7(2)9-5-11-6-12-10(9)8(3)4;1-7(2)9-5-11-10(8(3)4)12-6-9;1-7(2)9-5-6-11-10(12-9)8(3)4;1-7(2)9-5-6-10(11-9)8(3)4;1-7(2)9-5-10-6-11(9)8(3)4;1-6(2)8-5-11-9(10-8)7(3)4/h5-11H,1-4H3;3*5-9H,1-4H3;3*5-8H,1-4H3;2*5-8H,1-4H3;5-7H,1-4H3/p+1. The van der Waals surface area contributed by atoms with Crippen LogP contribution in [0.15, 0.2) is 157 Å². The van der Waals surface area contributed by atoms with E-state index in [1.54, 1.807) is 17.7 Å². The second-order valence-corrected chi connectivity index (χ2v) is 38.6. The molecule has 1 N–H and O–H groups in total. The van der Waals surface area contributed by atoms with E-state index in [-0.39, 0.29) is 0 Å². The molecule has 0 bridgehead atoms. The van der Waals surface area contributed by atoms with Crippen LogP contribution < -0.4 is 4.57 Å². The van der Waals surface area contributed by atoms with Gasteiger partial charge in [-0.25, -0.2) is 44.4 Å². The Morgan fingerprint density at radius 1 is 0.350 bits per heavy atom. The van der Waals surface area contributed by atoms with Gasteiger partial charge in [0.1, 0.15) is 41.4 Å². The van der Waals surface area contributed by atoms with Crippen LogP contribution in [-0.2, 0) is 0 Å². The summed E-state index contributed by atoms with van der Waals surface area (Å²) in [6, 6.07) is 31.0. The Morgan fingerprint density at radius 2 is 0.850 bits per heavy atom. The van der Waals surface area contributed by atoms with Crippen LogP contribution in [0.2, 0.25) is 0 Å². The highest BCUT2D eigenvalue weighted by Gasteiger charge is 2.17. The van der Waals surface area contributed by atoms with Crippen LogP contribution in [-0.4, -0.2) is 59.4 Å². The number of rotatable bonds is 20. The van der Waals surface area contributed by atoms with E-state index in [1.165, 1.54) is 83.6 Å². The van der Waals surface area contributed by atoms with Crippen LogP contribution in [0.4, 0.5) is 0 Å². The molecule has 10 heterocycles. The number of aromatic amines is 1. The summed E-state index contributed by atoms with van der Waals surface area (Å²) in [7, 11) is 0. The maximum atomic E-state index is 5.61. The zero-order valence-electron chi connectivity index (χ0n) is 82.7. The first kappa shape index (κ1) is 108. The summed E-state index contributed by atoms with van der Waals surface area (Å²) in [4.78, 5) is 46.6. The molecular formula is C105H166N13OS+. The average molecular weight is 1660 g/mol. The number of H-pyrrole nitrogens is 1. The van der Waals surface area contributed by atoms with Gasteiger partial charge in [0.15, 0.2) is 0 Å². The van der Waals surface area contributed by atoms with Gasteiger partial charge in [-0.2, -0.15) is 0 Å². The molecule has 0 unspecified atom stereocenters. The lowest BCUT2D eigenvalue weighted by atomic mass is 9.96. The van der Waals surface area contributed by atoms with Gasteiger partial charge in [-0.1, -0.05) is 280 Å². The molecule has 0 amide bonds. The first-order valence-electron chi connectivity index (χ1n) is 45.2. The summed E-state index contributed by atoms with van der Waals surface area (Å²) >= 11 is 1.77. The summed E-state index contributed by atoms with van der Waals surface area (Å²) in [5.41, 5.74) is 17.7. The molecule has 0 spiro atoms.